The molecule has 3 rings (SSSR count). The maximum atomic E-state index is 9.55. The number of aromatic hydroxyl groups is 1. The number of phenols is 1. The molecule has 2 nitrogen and oxygen atoms in total. The highest BCUT2D eigenvalue weighted by atomic mass is 79.9. The zero-order valence-electron chi connectivity index (χ0n) is 11.4. The van der Waals surface area contributed by atoms with Gasteiger partial charge in [0.05, 0.1) is 0 Å². The predicted octanol–water partition coefficient (Wildman–Crippen LogP) is 4.49. The number of nitrogens with one attached hydrogen (secondary N) is 1. The number of benzene rings is 2. The van der Waals surface area contributed by atoms with E-state index in [1.165, 1.54) is 16.7 Å². The molecule has 0 saturated heterocycles. The fourth-order valence-corrected chi connectivity index (χ4v) is 3.37. The average Bonchev–Trinajstić information content (AvgIpc) is 2.81. The van der Waals surface area contributed by atoms with E-state index in [9.17, 15) is 5.11 Å². The molecule has 2 aromatic carbocycles. The monoisotopic (exact) mass is 331 g/mol. The highest BCUT2D eigenvalue weighted by molar-refractivity contribution is 9.10. The van der Waals surface area contributed by atoms with E-state index in [0.29, 0.717) is 17.8 Å². The Morgan fingerprint density at radius 1 is 1.25 bits per heavy atom. The van der Waals surface area contributed by atoms with Gasteiger partial charge >= 0.3 is 0 Å². The van der Waals surface area contributed by atoms with Gasteiger partial charge in [0.25, 0.3) is 0 Å². The maximum Gasteiger partial charge on any atom is 0.115 e. The van der Waals surface area contributed by atoms with Crippen molar-refractivity contribution in [2.45, 2.75) is 31.8 Å². The summed E-state index contributed by atoms with van der Waals surface area (Å²) in [5.74, 6) is 0.365. The van der Waals surface area contributed by atoms with Gasteiger partial charge in [-0.1, -0.05) is 34.1 Å². The van der Waals surface area contributed by atoms with Gasteiger partial charge in [0.1, 0.15) is 5.75 Å². The van der Waals surface area contributed by atoms with E-state index >= 15 is 0 Å². The Bertz CT molecular complexity index is 626. The maximum absolute atomic E-state index is 9.55. The number of aryl methyl sites for hydroxylation is 1. The van der Waals surface area contributed by atoms with Crippen LogP contribution >= 0.6 is 15.9 Å². The van der Waals surface area contributed by atoms with Gasteiger partial charge < -0.3 is 10.4 Å². The molecule has 0 fully saturated rings. The minimum atomic E-state index is 0.303. The Labute approximate surface area is 128 Å². The van der Waals surface area contributed by atoms with Gasteiger partial charge in [0, 0.05) is 16.6 Å². The Morgan fingerprint density at radius 2 is 2.10 bits per heavy atom. The van der Waals surface area contributed by atoms with Crippen molar-refractivity contribution < 1.29 is 5.11 Å². The molecule has 0 aromatic heterocycles. The standard InChI is InChI=1S/C17H18BrNO/c1-11(12-3-2-4-14(18)9-12)19-17-8-5-13-10-15(20)6-7-16(13)17/h2-4,6-7,9-11,17,19-20H,5,8H2,1H3/t11-,17?/m1/s1. The fourth-order valence-electron chi connectivity index (χ4n) is 2.95. The molecule has 3 heteroatoms. The van der Waals surface area contributed by atoms with Crippen LogP contribution in [0.1, 0.15) is 42.1 Å². The summed E-state index contributed by atoms with van der Waals surface area (Å²) in [5, 5.41) is 13.2. The summed E-state index contributed by atoms with van der Waals surface area (Å²) in [6.45, 7) is 2.19. The van der Waals surface area contributed by atoms with Crippen LogP contribution in [0.15, 0.2) is 46.9 Å². The van der Waals surface area contributed by atoms with Crippen LogP contribution in [-0.2, 0) is 6.42 Å². The normalized spacial score (nSPS) is 18.8. The summed E-state index contributed by atoms with van der Waals surface area (Å²) in [6.07, 6.45) is 2.13. The van der Waals surface area contributed by atoms with Crippen molar-refractivity contribution in [2.24, 2.45) is 0 Å². The van der Waals surface area contributed by atoms with Crippen molar-refractivity contribution in [3.63, 3.8) is 0 Å². The van der Waals surface area contributed by atoms with Crippen molar-refractivity contribution in [3.8, 4) is 5.75 Å². The first kappa shape index (κ1) is 13.7. The number of halogens is 1. The van der Waals surface area contributed by atoms with Crippen LogP contribution in [-0.4, -0.2) is 5.11 Å². The molecular formula is C17H18BrNO. The van der Waals surface area contributed by atoms with Crippen molar-refractivity contribution >= 4 is 15.9 Å². The van der Waals surface area contributed by atoms with E-state index in [0.717, 1.165) is 17.3 Å². The van der Waals surface area contributed by atoms with Crippen LogP contribution in [0, 0.1) is 0 Å². The molecule has 1 unspecified atom stereocenters. The van der Waals surface area contributed by atoms with Crippen LogP contribution < -0.4 is 5.32 Å². The zero-order chi connectivity index (χ0) is 14.1. The SMILES string of the molecule is C[C@@H](NC1CCc2cc(O)ccc21)c1cccc(Br)c1. The number of phenolic OH excluding ortho intramolecular Hbond substituents is 1. The number of hydrogen-bond donors (Lipinski definition) is 2. The predicted molar refractivity (Wildman–Crippen MR) is 84.9 cm³/mol. The topological polar surface area (TPSA) is 32.3 Å². The van der Waals surface area contributed by atoms with Gasteiger partial charge in [0.15, 0.2) is 0 Å². The van der Waals surface area contributed by atoms with E-state index in [1.807, 2.05) is 18.2 Å². The molecular weight excluding hydrogens is 314 g/mol. The molecule has 2 atom stereocenters. The van der Waals surface area contributed by atoms with E-state index in [2.05, 4.69) is 46.4 Å². The Morgan fingerprint density at radius 3 is 2.90 bits per heavy atom. The third kappa shape index (κ3) is 2.74. The highest BCUT2D eigenvalue weighted by Gasteiger charge is 2.24. The molecule has 104 valence electrons. The molecule has 1 aliphatic rings. The van der Waals surface area contributed by atoms with Crippen molar-refractivity contribution in [1.82, 2.24) is 5.32 Å². The summed E-state index contributed by atoms with van der Waals surface area (Å²) >= 11 is 3.52. The molecule has 0 radical (unpaired) electrons. The van der Waals surface area contributed by atoms with Crippen molar-refractivity contribution in [3.05, 3.63) is 63.6 Å². The lowest BCUT2D eigenvalue weighted by molar-refractivity contribution is 0.464. The lowest BCUT2D eigenvalue weighted by Gasteiger charge is -2.21. The summed E-state index contributed by atoms with van der Waals surface area (Å²) in [7, 11) is 0. The molecule has 1 aliphatic carbocycles. The molecule has 2 N–H and O–H groups in total. The molecule has 0 saturated carbocycles. The van der Waals surface area contributed by atoms with E-state index in [-0.39, 0.29) is 0 Å². The van der Waals surface area contributed by atoms with Gasteiger partial charge in [-0.05, 0) is 60.7 Å². The molecule has 20 heavy (non-hydrogen) atoms. The fraction of sp³-hybridized carbons (Fsp3) is 0.294. The van der Waals surface area contributed by atoms with Crippen LogP contribution in [0.2, 0.25) is 0 Å². The lowest BCUT2D eigenvalue weighted by atomic mass is 10.0. The number of hydrogen-bond acceptors (Lipinski definition) is 2. The summed E-state index contributed by atoms with van der Waals surface area (Å²) in [4.78, 5) is 0. The molecule has 0 aliphatic heterocycles. The van der Waals surface area contributed by atoms with Crippen LogP contribution in [0.5, 0.6) is 5.75 Å². The van der Waals surface area contributed by atoms with Gasteiger partial charge in [-0.25, -0.2) is 0 Å². The Balaban J connectivity index is 1.77. The second-order valence-electron chi connectivity index (χ2n) is 5.42. The van der Waals surface area contributed by atoms with E-state index in [1.54, 1.807) is 6.07 Å². The quantitative estimate of drug-likeness (QED) is 0.868. The molecule has 0 bridgehead atoms. The highest BCUT2D eigenvalue weighted by Crippen LogP contribution is 2.35. The summed E-state index contributed by atoms with van der Waals surface area (Å²) in [5.41, 5.74) is 3.88. The summed E-state index contributed by atoms with van der Waals surface area (Å²) < 4.78 is 1.11. The second kappa shape index (κ2) is 5.58. The van der Waals surface area contributed by atoms with Gasteiger partial charge in [-0.15, -0.1) is 0 Å². The first-order valence-electron chi connectivity index (χ1n) is 6.97. The molecule has 0 heterocycles. The Hall–Kier alpha value is -1.32. The van der Waals surface area contributed by atoms with Gasteiger partial charge in [0.2, 0.25) is 0 Å². The molecule has 0 spiro atoms. The van der Waals surface area contributed by atoms with Gasteiger partial charge in [-0.2, -0.15) is 0 Å². The number of fused-ring (bicyclic) bond motifs is 1. The van der Waals surface area contributed by atoms with Crippen molar-refractivity contribution in [1.29, 1.82) is 0 Å². The average molecular weight is 332 g/mol. The second-order valence-corrected chi connectivity index (χ2v) is 6.33. The smallest absolute Gasteiger partial charge is 0.115 e. The largest absolute Gasteiger partial charge is 0.508 e. The van der Waals surface area contributed by atoms with Crippen LogP contribution in [0.25, 0.3) is 0 Å². The first-order chi connectivity index (χ1) is 9.63. The minimum absolute atomic E-state index is 0.303. The first-order valence-corrected chi connectivity index (χ1v) is 7.76. The van der Waals surface area contributed by atoms with E-state index < -0.39 is 0 Å². The molecule has 0 amide bonds. The third-order valence-corrected chi connectivity index (χ3v) is 4.50. The zero-order valence-corrected chi connectivity index (χ0v) is 13.0. The lowest BCUT2D eigenvalue weighted by Crippen LogP contribution is -2.22. The third-order valence-electron chi connectivity index (χ3n) is 4.00. The Kier molecular flexibility index (Phi) is 3.81. The van der Waals surface area contributed by atoms with Gasteiger partial charge in [-0.3, -0.25) is 0 Å². The number of rotatable bonds is 3. The van der Waals surface area contributed by atoms with Crippen LogP contribution in [0.4, 0.5) is 0 Å². The van der Waals surface area contributed by atoms with Crippen molar-refractivity contribution in [2.75, 3.05) is 0 Å². The van der Waals surface area contributed by atoms with Crippen LogP contribution in [0.3, 0.4) is 0 Å². The summed E-state index contributed by atoms with van der Waals surface area (Å²) in [6, 6.07) is 14.8. The van der Waals surface area contributed by atoms with E-state index in [4.69, 9.17) is 0 Å². The molecule has 2 aromatic rings. The minimum Gasteiger partial charge on any atom is -0.508 e.